The van der Waals surface area contributed by atoms with Gasteiger partial charge in [-0.25, -0.2) is 14.2 Å². The summed E-state index contributed by atoms with van der Waals surface area (Å²) in [6.45, 7) is 4.74. The summed E-state index contributed by atoms with van der Waals surface area (Å²) in [7, 11) is 1.35. The van der Waals surface area contributed by atoms with Crippen molar-refractivity contribution in [2.75, 3.05) is 68.6 Å². The van der Waals surface area contributed by atoms with E-state index in [1.54, 1.807) is 15.8 Å². The van der Waals surface area contributed by atoms with Gasteiger partial charge in [0, 0.05) is 37.7 Å². The van der Waals surface area contributed by atoms with Crippen LogP contribution in [-0.4, -0.2) is 98.4 Å². The number of fused-ring (bicyclic) bond motifs is 1. The van der Waals surface area contributed by atoms with Gasteiger partial charge in [-0.1, -0.05) is 38.5 Å². The van der Waals surface area contributed by atoms with Crippen molar-refractivity contribution >= 4 is 40.5 Å². The van der Waals surface area contributed by atoms with Gasteiger partial charge in [0.2, 0.25) is 5.95 Å². The Kier molecular flexibility index (Phi) is 12.2. The van der Waals surface area contributed by atoms with Crippen LogP contribution in [0.15, 0.2) is 17.2 Å². The van der Waals surface area contributed by atoms with Crippen molar-refractivity contribution in [3.63, 3.8) is 0 Å². The highest BCUT2D eigenvalue weighted by Crippen LogP contribution is 2.31. The summed E-state index contributed by atoms with van der Waals surface area (Å²) in [5, 5.41) is 17.6. The smallest absolute Gasteiger partial charge is 0.343 e. The van der Waals surface area contributed by atoms with Crippen LogP contribution in [0.4, 0.5) is 11.8 Å². The summed E-state index contributed by atoms with van der Waals surface area (Å²) in [5.41, 5.74) is 6.90. The lowest BCUT2D eigenvalue weighted by Crippen LogP contribution is -2.38. The van der Waals surface area contributed by atoms with Crippen molar-refractivity contribution in [3.8, 4) is 6.19 Å². The van der Waals surface area contributed by atoms with Gasteiger partial charge in [0.1, 0.15) is 16.8 Å². The molecule has 250 valence electrons. The number of aromatic nitrogens is 6. The molecule has 15 heteroatoms. The first-order valence-electron chi connectivity index (χ1n) is 16.4. The van der Waals surface area contributed by atoms with E-state index in [0.717, 1.165) is 69.0 Å². The van der Waals surface area contributed by atoms with Crippen LogP contribution in [0.5, 0.6) is 0 Å². The number of carbonyl (C=O) groups excluding carboxylic acids is 1. The highest BCUT2D eigenvalue weighted by molar-refractivity contribution is 7.99. The number of thioether (sulfide) groups is 1. The van der Waals surface area contributed by atoms with Crippen molar-refractivity contribution in [2.24, 2.45) is 0 Å². The molecule has 3 N–H and O–H groups in total. The minimum absolute atomic E-state index is 0.103. The number of hydrogen-bond donors (Lipinski definition) is 2. The first-order valence-corrected chi connectivity index (χ1v) is 17.6. The fraction of sp³-hybridized carbons (Fsp3) is 0.677. The molecule has 2 aliphatic heterocycles. The molecule has 5 heterocycles. The molecule has 0 unspecified atom stereocenters. The molecule has 46 heavy (non-hydrogen) atoms. The zero-order chi connectivity index (χ0) is 32.3. The molecule has 0 amide bonds. The number of anilines is 2. The topological polar surface area (TPSA) is 173 Å². The molecule has 4 aliphatic rings. The molecular formula is C31H46N10O4S. The second kappa shape index (κ2) is 16.7. The van der Waals surface area contributed by atoms with E-state index in [-0.39, 0.29) is 5.56 Å². The molecular weight excluding hydrogens is 608 g/mol. The lowest BCUT2D eigenvalue weighted by atomic mass is 9.96. The molecule has 2 saturated heterocycles. The molecule has 0 radical (unpaired) electrons. The number of ether oxygens (including phenoxy) is 2. The van der Waals surface area contributed by atoms with Crippen LogP contribution >= 0.6 is 11.8 Å². The molecule has 4 fully saturated rings. The minimum atomic E-state index is -0.417. The number of esters is 1. The lowest BCUT2D eigenvalue weighted by Gasteiger charge is -2.27. The van der Waals surface area contributed by atoms with Crippen LogP contribution in [-0.2, 0) is 9.47 Å². The first-order chi connectivity index (χ1) is 22.5. The molecule has 3 aromatic rings. The summed E-state index contributed by atoms with van der Waals surface area (Å²) in [6, 6.07) is 0.713. The third-order valence-electron chi connectivity index (χ3n) is 8.99. The van der Waals surface area contributed by atoms with Crippen LogP contribution in [0.25, 0.3) is 11.0 Å². The maximum Gasteiger partial charge on any atom is 0.343 e. The monoisotopic (exact) mass is 654 g/mol. The summed E-state index contributed by atoms with van der Waals surface area (Å²) in [6.07, 6.45) is 17.1. The van der Waals surface area contributed by atoms with Gasteiger partial charge in [-0.15, -0.1) is 0 Å². The van der Waals surface area contributed by atoms with E-state index in [1.807, 2.05) is 16.4 Å². The second-order valence-electron chi connectivity index (χ2n) is 12.0. The standard InChI is InChI=1S/C15H21N5O2.C11H17N3O2.C5H8N2S/c21-14-12-10-16-20(11-4-2-1-3-5-11)13(12)17-15(18-14)19-6-8-22-9-7-19;1-16-11(15)9-7-13-14(10(9)12)8-5-3-2-4-6-8;6-5-7-1-3-8-4-2-7/h10-11H,1-9H2,(H,17,18,21);7-8H,2-6,12H2,1H3;1-4H2. The lowest BCUT2D eigenvalue weighted by molar-refractivity contribution is 0.0602. The number of H-pyrrole nitrogens is 1. The van der Waals surface area contributed by atoms with E-state index in [2.05, 4.69) is 31.0 Å². The van der Waals surface area contributed by atoms with Gasteiger partial charge >= 0.3 is 5.97 Å². The molecule has 2 saturated carbocycles. The Balaban J connectivity index is 0.000000152. The Labute approximate surface area is 273 Å². The van der Waals surface area contributed by atoms with Crippen LogP contribution in [0.3, 0.4) is 0 Å². The summed E-state index contributed by atoms with van der Waals surface area (Å²) < 4.78 is 13.7. The first kappa shape index (κ1) is 33.6. The number of hydrogen-bond acceptors (Lipinski definition) is 12. The van der Waals surface area contributed by atoms with E-state index in [0.29, 0.717) is 48.0 Å². The van der Waals surface area contributed by atoms with Crippen LogP contribution in [0.1, 0.15) is 86.6 Å². The maximum absolute atomic E-state index is 12.3. The Bertz CT molecular complexity index is 1510. The van der Waals surface area contributed by atoms with E-state index in [9.17, 15) is 9.59 Å². The predicted octanol–water partition coefficient (Wildman–Crippen LogP) is 3.73. The number of nitrogens with two attached hydrogens (primary N) is 1. The van der Waals surface area contributed by atoms with Crippen molar-refractivity contribution in [1.82, 2.24) is 34.4 Å². The molecule has 7 rings (SSSR count). The minimum Gasteiger partial charge on any atom is -0.465 e. The van der Waals surface area contributed by atoms with Crippen molar-refractivity contribution in [1.29, 1.82) is 5.26 Å². The Morgan fingerprint density at radius 1 is 0.978 bits per heavy atom. The van der Waals surface area contributed by atoms with Gasteiger partial charge in [-0.2, -0.15) is 32.2 Å². The molecule has 0 atom stereocenters. The molecule has 3 aromatic heterocycles. The molecule has 0 bridgehead atoms. The SMILES string of the molecule is COC(=O)c1cnn(C2CCCCC2)c1N.N#CN1CCSCC1.O=c1[nH]c(N2CCOCC2)nc2c1cnn2C1CCCCC1. The maximum atomic E-state index is 12.3. The molecule has 14 nitrogen and oxygen atoms in total. The number of nitrogens with zero attached hydrogens (tertiary/aromatic N) is 8. The molecule has 2 aliphatic carbocycles. The normalized spacial score (nSPS) is 19.4. The van der Waals surface area contributed by atoms with Crippen molar-refractivity contribution < 1.29 is 14.3 Å². The fourth-order valence-corrected chi connectivity index (χ4v) is 7.26. The highest BCUT2D eigenvalue weighted by Gasteiger charge is 2.23. The summed E-state index contributed by atoms with van der Waals surface area (Å²) in [5.74, 6) is 2.89. The number of morpholine rings is 1. The number of rotatable bonds is 4. The second-order valence-corrected chi connectivity index (χ2v) is 13.2. The third-order valence-corrected chi connectivity index (χ3v) is 9.94. The highest BCUT2D eigenvalue weighted by atomic mass is 32.2. The van der Waals surface area contributed by atoms with E-state index in [1.165, 1.54) is 51.8 Å². The van der Waals surface area contributed by atoms with E-state index in [4.69, 9.17) is 20.7 Å². The number of nitrogen functional groups attached to an aromatic ring is 1. The summed E-state index contributed by atoms with van der Waals surface area (Å²) >= 11 is 1.92. The van der Waals surface area contributed by atoms with Gasteiger partial charge in [-0.3, -0.25) is 9.78 Å². The van der Waals surface area contributed by atoms with Crippen LogP contribution in [0.2, 0.25) is 0 Å². The third kappa shape index (κ3) is 8.33. The van der Waals surface area contributed by atoms with Gasteiger partial charge in [0.05, 0.1) is 44.8 Å². The zero-order valence-electron chi connectivity index (χ0n) is 26.7. The fourth-order valence-electron chi connectivity index (χ4n) is 6.36. The molecule has 0 spiro atoms. The van der Waals surface area contributed by atoms with Gasteiger partial charge in [0.25, 0.3) is 5.56 Å². The number of carbonyl (C=O) groups is 1. The van der Waals surface area contributed by atoms with Gasteiger partial charge in [0.15, 0.2) is 11.8 Å². The number of nitrogens with one attached hydrogen (secondary N) is 1. The quantitative estimate of drug-likeness (QED) is 0.309. The van der Waals surface area contributed by atoms with Gasteiger partial charge in [-0.05, 0) is 25.7 Å². The van der Waals surface area contributed by atoms with Crippen molar-refractivity contribution in [2.45, 2.75) is 76.3 Å². The average molecular weight is 655 g/mol. The van der Waals surface area contributed by atoms with E-state index < -0.39 is 5.97 Å². The van der Waals surface area contributed by atoms with Crippen molar-refractivity contribution in [3.05, 3.63) is 28.3 Å². The average Bonchev–Trinajstić information content (AvgIpc) is 3.74. The number of methoxy groups -OCH3 is 1. The largest absolute Gasteiger partial charge is 0.465 e. The molecule has 0 aromatic carbocycles. The van der Waals surface area contributed by atoms with E-state index >= 15 is 0 Å². The summed E-state index contributed by atoms with van der Waals surface area (Å²) in [4.78, 5) is 35.2. The van der Waals surface area contributed by atoms with Gasteiger partial charge < -0.3 is 25.0 Å². The zero-order valence-corrected chi connectivity index (χ0v) is 27.6. The number of nitriles is 1. The predicted molar refractivity (Wildman–Crippen MR) is 178 cm³/mol. The van der Waals surface area contributed by atoms with Crippen LogP contribution in [0, 0.1) is 11.5 Å². The Hall–Kier alpha value is -3.77. The Morgan fingerprint density at radius 3 is 2.17 bits per heavy atom. The van der Waals surface area contributed by atoms with Crippen LogP contribution < -0.4 is 16.2 Å². The Morgan fingerprint density at radius 2 is 1.59 bits per heavy atom. The number of aromatic amines is 1.